The Labute approximate surface area is 186 Å². The second-order valence-corrected chi connectivity index (χ2v) is 8.72. The zero-order valence-corrected chi connectivity index (χ0v) is 17.7. The molecule has 1 aliphatic heterocycles. The number of anilines is 1. The van der Waals surface area contributed by atoms with E-state index in [-0.39, 0.29) is 24.3 Å². The standard InChI is InChI=1S/C27H23NO4/c1-2-32-17-13-11-16(12-14-17)28-25(30)23-22-18-7-3-5-9-20(18)27(15-29,24(23)26(28)31)21-10-6-4-8-19(21)22/h3-14,22-24,29H,2,15H2,1H3/t22?,23-,24+,27?/m0/s1. The lowest BCUT2D eigenvalue weighted by Crippen LogP contribution is -2.55. The maximum atomic E-state index is 13.9. The van der Waals surface area contributed by atoms with Crippen LogP contribution in [0.4, 0.5) is 5.69 Å². The number of nitrogens with zero attached hydrogens (tertiary/aromatic N) is 1. The van der Waals surface area contributed by atoms with Gasteiger partial charge in [-0.3, -0.25) is 9.59 Å². The third kappa shape index (κ3) is 2.21. The van der Waals surface area contributed by atoms with E-state index in [4.69, 9.17) is 4.74 Å². The number of aliphatic hydroxyl groups is 1. The molecule has 1 fully saturated rings. The fourth-order valence-corrected chi connectivity index (χ4v) is 6.31. The molecule has 2 atom stereocenters. The molecule has 32 heavy (non-hydrogen) atoms. The first kappa shape index (κ1) is 19.3. The van der Waals surface area contributed by atoms with Crippen LogP contribution in [-0.4, -0.2) is 30.1 Å². The number of hydrogen-bond acceptors (Lipinski definition) is 4. The normalized spacial score (nSPS) is 27.2. The highest BCUT2D eigenvalue weighted by Gasteiger charge is 2.68. The maximum Gasteiger partial charge on any atom is 0.239 e. The third-order valence-electron chi connectivity index (χ3n) is 7.45. The number of aliphatic hydroxyl groups excluding tert-OH is 1. The zero-order valence-electron chi connectivity index (χ0n) is 17.7. The summed E-state index contributed by atoms with van der Waals surface area (Å²) in [7, 11) is 0. The number of carbonyl (C=O) groups is 2. The fraction of sp³-hybridized carbons (Fsp3) is 0.259. The van der Waals surface area contributed by atoms with Crippen LogP contribution >= 0.6 is 0 Å². The summed E-state index contributed by atoms with van der Waals surface area (Å²) in [4.78, 5) is 29.0. The van der Waals surface area contributed by atoms with Crippen LogP contribution in [0.1, 0.15) is 35.1 Å². The minimum atomic E-state index is -0.931. The van der Waals surface area contributed by atoms with Crippen molar-refractivity contribution in [2.45, 2.75) is 18.3 Å². The van der Waals surface area contributed by atoms with Crippen LogP contribution < -0.4 is 9.64 Å². The smallest absolute Gasteiger partial charge is 0.239 e. The lowest BCUT2D eigenvalue weighted by Gasteiger charge is -2.53. The molecule has 3 aromatic carbocycles. The van der Waals surface area contributed by atoms with Crippen molar-refractivity contribution in [3.05, 3.63) is 95.1 Å². The van der Waals surface area contributed by atoms with Gasteiger partial charge in [-0.2, -0.15) is 0 Å². The molecule has 5 heteroatoms. The number of ether oxygens (including phenoxy) is 1. The molecule has 0 radical (unpaired) electrons. The highest BCUT2D eigenvalue weighted by atomic mass is 16.5. The molecule has 0 saturated carbocycles. The Morgan fingerprint density at radius 3 is 2.03 bits per heavy atom. The molecule has 160 valence electrons. The molecular weight excluding hydrogens is 402 g/mol. The van der Waals surface area contributed by atoms with Gasteiger partial charge < -0.3 is 9.84 Å². The van der Waals surface area contributed by atoms with Crippen LogP contribution in [0.5, 0.6) is 5.75 Å². The SMILES string of the molecule is CCOc1ccc(N2C(=O)[C@H]3C4c5ccccc5C(CO)(c5ccccc54)[C@H]3C2=O)cc1. The largest absolute Gasteiger partial charge is 0.494 e. The van der Waals surface area contributed by atoms with E-state index in [0.29, 0.717) is 18.0 Å². The molecule has 1 saturated heterocycles. The first-order chi connectivity index (χ1) is 15.6. The molecule has 3 aromatic rings. The van der Waals surface area contributed by atoms with Crippen molar-refractivity contribution in [3.63, 3.8) is 0 Å². The van der Waals surface area contributed by atoms with Gasteiger partial charge in [0, 0.05) is 5.92 Å². The van der Waals surface area contributed by atoms with E-state index < -0.39 is 17.3 Å². The molecule has 0 aromatic heterocycles. The van der Waals surface area contributed by atoms with Crippen molar-refractivity contribution in [1.29, 1.82) is 0 Å². The van der Waals surface area contributed by atoms with Crippen molar-refractivity contribution in [2.75, 3.05) is 18.1 Å². The summed E-state index contributed by atoms with van der Waals surface area (Å²) in [5.41, 5.74) is 3.61. The zero-order chi connectivity index (χ0) is 22.0. The van der Waals surface area contributed by atoms with Crippen molar-refractivity contribution in [1.82, 2.24) is 0 Å². The van der Waals surface area contributed by atoms with E-state index in [1.807, 2.05) is 55.5 Å². The fourth-order valence-electron chi connectivity index (χ4n) is 6.31. The molecule has 1 N–H and O–H groups in total. The van der Waals surface area contributed by atoms with Crippen molar-refractivity contribution < 1.29 is 19.4 Å². The van der Waals surface area contributed by atoms with E-state index >= 15 is 0 Å². The number of imide groups is 1. The Morgan fingerprint density at radius 1 is 0.875 bits per heavy atom. The molecule has 5 nitrogen and oxygen atoms in total. The third-order valence-corrected chi connectivity index (χ3v) is 7.45. The van der Waals surface area contributed by atoms with Gasteiger partial charge in [-0.1, -0.05) is 48.5 Å². The number of rotatable bonds is 4. The molecule has 1 heterocycles. The van der Waals surface area contributed by atoms with E-state index in [2.05, 4.69) is 0 Å². The van der Waals surface area contributed by atoms with Gasteiger partial charge in [-0.05, 0) is 53.4 Å². The van der Waals surface area contributed by atoms with Crippen LogP contribution in [0, 0.1) is 11.8 Å². The van der Waals surface area contributed by atoms with Gasteiger partial charge in [-0.25, -0.2) is 4.90 Å². The van der Waals surface area contributed by atoms with Crippen LogP contribution in [0.3, 0.4) is 0 Å². The summed E-state index contributed by atoms with van der Waals surface area (Å²) in [6.45, 7) is 2.22. The predicted octanol–water partition coefficient (Wildman–Crippen LogP) is 3.63. The molecule has 4 aliphatic rings. The number of carbonyl (C=O) groups excluding carboxylic acids is 2. The monoisotopic (exact) mass is 425 g/mol. The molecule has 2 bridgehead atoms. The van der Waals surface area contributed by atoms with Crippen LogP contribution in [0.15, 0.2) is 72.8 Å². The lowest BCUT2D eigenvalue weighted by molar-refractivity contribution is -0.124. The molecule has 7 rings (SSSR count). The minimum Gasteiger partial charge on any atom is -0.494 e. The minimum absolute atomic E-state index is 0.198. The predicted molar refractivity (Wildman–Crippen MR) is 120 cm³/mol. The van der Waals surface area contributed by atoms with Gasteiger partial charge in [0.05, 0.1) is 36.2 Å². The van der Waals surface area contributed by atoms with E-state index in [1.165, 1.54) is 4.90 Å². The first-order valence-electron chi connectivity index (χ1n) is 11.0. The molecular formula is C27H23NO4. The van der Waals surface area contributed by atoms with E-state index in [9.17, 15) is 14.7 Å². The van der Waals surface area contributed by atoms with Gasteiger partial charge in [0.15, 0.2) is 0 Å². The Kier molecular flexibility index (Phi) is 4.08. The van der Waals surface area contributed by atoms with Crippen LogP contribution in [0.2, 0.25) is 0 Å². The van der Waals surface area contributed by atoms with Crippen LogP contribution in [0.25, 0.3) is 0 Å². The summed E-state index contributed by atoms with van der Waals surface area (Å²) < 4.78 is 5.51. The highest BCUT2D eigenvalue weighted by Crippen LogP contribution is 2.64. The quantitative estimate of drug-likeness (QED) is 0.649. The molecule has 3 aliphatic carbocycles. The average molecular weight is 425 g/mol. The Morgan fingerprint density at radius 2 is 1.47 bits per heavy atom. The van der Waals surface area contributed by atoms with Gasteiger partial charge in [-0.15, -0.1) is 0 Å². The van der Waals surface area contributed by atoms with Crippen LogP contribution in [-0.2, 0) is 15.0 Å². The first-order valence-corrected chi connectivity index (χ1v) is 11.0. The molecule has 2 amide bonds. The highest BCUT2D eigenvalue weighted by molar-refractivity contribution is 6.23. The average Bonchev–Trinajstić information content (AvgIpc) is 3.11. The van der Waals surface area contributed by atoms with E-state index in [1.54, 1.807) is 24.3 Å². The van der Waals surface area contributed by atoms with Gasteiger partial charge >= 0.3 is 0 Å². The number of amides is 2. The Balaban J connectivity index is 1.55. The van der Waals surface area contributed by atoms with Crippen molar-refractivity contribution in [3.8, 4) is 5.75 Å². The summed E-state index contributed by atoms with van der Waals surface area (Å²) in [6.07, 6.45) is 0. The lowest BCUT2D eigenvalue weighted by atomic mass is 9.47. The summed E-state index contributed by atoms with van der Waals surface area (Å²) in [5, 5.41) is 10.9. The van der Waals surface area contributed by atoms with Gasteiger partial charge in [0.1, 0.15) is 5.75 Å². The number of benzene rings is 3. The van der Waals surface area contributed by atoms with Gasteiger partial charge in [0.2, 0.25) is 11.8 Å². The number of hydrogen-bond donors (Lipinski definition) is 1. The topological polar surface area (TPSA) is 66.8 Å². The Bertz CT molecular complexity index is 1200. The van der Waals surface area contributed by atoms with Gasteiger partial charge in [0.25, 0.3) is 0 Å². The maximum absolute atomic E-state index is 13.9. The summed E-state index contributed by atoms with van der Waals surface area (Å²) in [5.74, 6) is -1.12. The molecule has 0 spiro atoms. The second kappa shape index (κ2) is 6.78. The summed E-state index contributed by atoms with van der Waals surface area (Å²) >= 11 is 0. The second-order valence-electron chi connectivity index (χ2n) is 8.72. The summed E-state index contributed by atoms with van der Waals surface area (Å²) in [6, 6.07) is 23.0. The Hall–Kier alpha value is -3.44. The van der Waals surface area contributed by atoms with Crippen molar-refractivity contribution >= 4 is 17.5 Å². The molecule has 0 unspecified atom stereocenters. The van der Waals surface area contributed by atoms with E-state index in [0.717, 1.165) is 22.3 Å². The van der Waals surface area contributed by atoms with Crippen molar-refractivity contribution in [2.24, 2.45) is 11.8 Å².